The van der Waals surface area contributed by atoms with E-state index in [1.54, 1.807) is 23.5 Å². The van der Waals surface area contributed by atoms with Gasteiger partial charge in [0.1, 0.15) is 5.82 Å². The normalized spacial score (nSPS) is 10.7. The van der Waals surface area contributed by atoms with E-state index in [4.69, 9.17) is 11.6 Å². The van der Waals surface area contributed by atoms with E-state index in [9.17, 15) is 4.39 Å². The van der Waals surface area contributed by atoms with Crippen molar-refractivity contribution < 1.29 is 4.39 Å². The van der Waals surface area contributed by atoms with Crippen LogP contribution < -0.4 is 0 Å². The highest BCUT2D eigenvalue weighted by atomic mass is 35.5. The third-order valence-electron chi connectivity index (χ3n) is 2.43. The van der Waals surface area contributed by atoms with Gasteiger partial charge in [0.15, 0.2) is 0 Å². The zero-order valence-electron chi connectivity index (χ0n) is 9.33. The highest BCUT2D eigenvalue weighted by molar-refractivity contribution is 7.09. The minimum absolute atomic E-state index is 0.198. The molecule has 1 aromatic heterocycles. The zero-order valence-corrected chi connectivity index (χ0v) is 10.9. The number of hydrogen-bond donors (Lipinski definition) is 0. The minimum Gasteiger partial charge on any atom is -0.246 e. The smallest absolute Gasteiger partial charge is 0.123 e. The number of halogens is 2. The van der Waals surface area contributed by atoms with Crippen molar-refractivity contribution in [2.24, 2.45) is 0 Å². The Morgan fingerprint density at radius 1 is 1.24 bits per heavy atom. The third-order valence-corrected chi connectivity index (χ3v) is 3.60. The second-order valence-electron chi connectivity index (χ2n) is 3.83. The molecular formula is C13H13ClFNS. The van der Waals surface area contributed by atoms with Gasteiger partial charge < -0.3 is 0 Å². The summed E-state index contributed by atoms with van der Waals surface area (Å²) in [6.45, 7) is 0. The summed E-state index contributed by atoms with van der Waals surface area (Å²) < 4.78 is 12.7. The van der Waals surface area contributed by atoms with Crippen molar-refractivity contribution in [1.82, 2.24) is 4.98 Å². The van der Waals surface area contributed by atoms with Crippen LogP contribution in [-0.2, 0) is 12.8 Å². The van der Waals surface area contributed by atoms with Gasteiger partial charge in [-0.25, -0.2) is 9.37 Å². The molecule has 0 saturated carbocycles. The average Bonchev–Trinajstić information content (AvgIpc) is 2.77. The fraction of sp³-hybridized carbons (Fsp3) is 0.308. The molecule has 90 valence electrons. The summed E-state index contributed by atoms with van der Waals surface area (Å²) in [6, 6.07) is 6.57. The van der Waals surface area contributed by atoms with Crippen molar-refractivity contribution in [3.8, 4) is 0 Å². The number of alkyl halides is 1. The Morgan fingerprint density at radius 2 is 2.00 bits per heavy atom. The molecule has 17 heavy (non-hydrogen) atoms. The molecule has 1 aromatic carbocycles. The quantitative estimate of drug-likeness (QED) is 0.747. The van der Waals surface area contributed by atoms with Crippen molar-refractivity contribution >= 4 is 22.9 Å². The first-order chi connectivity index (χ1) is 8.28. The fourth-order valence-electron chi connectivity index (χ4n) is 1.57. The summed E-state index contributed by atoms with van der Waals surface area (Å²) in [5, 5.41) is 3.15. The third kappa shape index (κ3) is 3.79. The Labute approximate surface area is 109 Å². The lowest BCUT2D eigenvalue weighted by molar-refractivity contribution is 0.627. The molecular weight excluding hydrogens is 257 g/mol. The van der Waals surface area contributed by atoms with Crippen molar-refractivity contribution in [3.05, 3.63) is 51.7 Å². The number of thiazole rings is 1. The van der Waals surface area contributed by atoms with E-state index in [2.05, 4.69) is 10.4 Å². The van der Waals surface area contributed by atoms with Crippen molar-refractivity contribution in [2.75, 3.05) is 5.88 Å². The van der Waals surface area contributed by atoms with Gasteiger partial charge in [0.2, 0.25) is 0 Å². The molecule has 0 aliphatic carbocycles. The predicted molar refractivity (Wildman–Crippen MR) is 70.4 cm³/mol. The Balaban J connectivity index is 1.98. The van der Waals surface area contributed by atoms with Crippen LogP contribution in [0.2, 0.25) is 0 Å². The Hall–Kier alpha value is -0.930. The monoisotopic (exact) mass is 269 g/mol. The van der Waals surface area contributed by atoms with Crippen molar-refractivity contribution in [2.45, 2.75) is 19.3 Å². The summed E-state index contributed by atoms with van der Waals surface area (Å²) in [4.78, 5) is 4.53. The fourth-order valence-corrected chi connectivity index (χ4v) is 2.57. The lowest BCUT2D eigenvalue weighted by Gasteiger charge is -1.97. The molecule has 2 rings (SSSR count). The van der Waals surface area contributed by atoms with Gasteiger partial charge in [0.25, 0.3) is 0 Å². The standard InChI is InChI=1S/C13H13ClFNS/c14-7-1-2-12-9-17-13(16-12)8-10-3-5-11(15)6-4-10/h3-6,9H,1-2,7-8H2. The maximum atomic E-state index is 12.7. The van der Waals surface area contributed by atoms with Crippen LogP contribution in [-0.4, -0.2) is 10.9 Å². The topological polar surface area (TPSA) is 12.9 Å². The second-order valence-corrected chi connectivity index (χ2v) is 5.15. The van der Waals surface area contributed by atoms with Crippen LogP contribution >= 0.6 is 22.9 Å². The number of rotatable bonds is 5. The molecule has 4 heteroatoms. The molecule has 1 heterocycles. The van der Waals surface area contributed by atoms with E-state index in [0.717, 1.165) is 35.5 Å². The van der Waals surface area contributed by atoms with E-state index in [-0.39, 0.29) is 5.82 Å². The van der Waals surface area contributed by atoms with Crippen LogP contribution in [0.25, 0.3) is 0 Å². The van der Waals surface area contributed by atoms with Gasteiger partial charge >= 0.3 is 0 Å². The van der Waals surface area contributed by atoms with E-state index >= 15 is 0 Å². The molecule has 0 aliphatic heterocycles. The summed E-state index contributed by atoms with van der Waals surface area (Å²) in [7, 11) is 0. The SMILES string of the molecule is Fc1ccc(Cc2nc(CCCCl)cs2)cc1. The van der Waals surface area contributed by atoms with Gasteiger partial charge in [-0.3, -0.25) is 0 Å². The Kier molecular flexibility index (Phi) is 4.51. The molecule has 0 bridgehead atoms. The number of hydrogen-bond acceptors (Lipinski definition) is 2. The largest absolute Gasteiger partial charge is 0.246 e. The zero-order chi connectivity index (χ0) is 12.1. The van der Waals surface area contributed by atoms with E-state index < -0.39 is 0 Å². The van der Waals surface area contributed by atoms with E-state index in [1.165, 1.54) is 12.1 Å². The lowest BCUT2D eigenvalue weighted by Crippen LogP contribution is -1.90. The average molecular weight is 270 g/mol. The van der Waals surface area contributed by atoms with E-state index in [1.807, 2.05) is 0 Å². The first-order valence-corrected chi connectivity index (χ1v) is 6.93. The first-order valence-electron chi connectivity index (χ1n) is 5.51. The highest BCUT2D eigenvalue weighted by Gasteiger charge is 2.03. The lowest BCUT2D eigenvalue weighted by atomic mass is 10.1. The van der Waals surface area contributed by atoms with Crippen LogP contribution in [0.5, 0.6) is 0 Å². The Bertz CT molecular complexity index is 467. The predicted octanol–water partition coefficient (Wildman–Crippen LogP) is 4.04. The first kappa shape index (κ1) is 12.5. The molecule has 0 fully saturated rings. The van der Waals surface area contributed by atoms with Crippen LogP contribution in [0, 0.1) is 5.82 Å². The van der Waals surface area contributed by atoms with E-state index in [0.29, 0.717) is 5.88 Å². The molecule has 0 radical (unpaired) electrons. The van der Waals surface area contributed by atoms with Gasteiger partial charge in [-0.05, 0) is 30.5 Å². The number of nitrogens with zero attached hydrogens (tertiary/aromatic N) is 1. The molecule has 0 spiro atoms. The summed E-state index contributed by atoms with van der Waals surface area (Å²) in [5.74, 6) is 0.473. The van der Waals surface area contributed by atoms with Gasteiger partial charge in [0, 0.05) is 17.7 Å². The summed E-state index contributed by atoms with van der Waals surface area (Å²) in [5.41, 5.74) is 2.19. The molecule has 2 aromatic rings. The number of aryl methyl sites for hydroxylation is 1. The van der Waals surface area contributed by atoms with Gasteiger partial charge in [-0.2, -0.15) is 0 Å². The molecule has 0 saturated heterocycles. The molecule has 0 amide bonds. The molecule has 0 aliphatic rings. The summed E-state index contributed by atoms with van der Waals surface area (Å²) in [6.07, 6.45) is 2.66. The maximum Gasteiger partial charge on any atom is 0.123 e. The maximum absolute atomic E-state index is 12.7. The van der Waals surface area contributed by atoms with Crippen molar-refractivity contribution in [1.29, 1.82) is 0 Å². The van der Waals surface area contributed by atoms with Crippen LogP contribution in [0.15, 0.2) is 29.6 Å². The minimum atomic E-state index is -0.198. The van der Waals surface area contributed by atoms with Crippen molar-refractivity contribution in [3.63, 3.8) is 0 Å². The van der Waals surface area contributed by atoms with Gasteiger partial charge in [-0.15, -0.1) is 22.9 Å². The van der Waals surface area contributed by atoms with Crippen LogP contribution in [0.3, 0.4) is 0 Å². The number of aromatic nitrogens is 1. The highest BCUT2D eigenvalue weighted by Crippen LogP contribution is 2.16. The molecule has 0 atom stereocenters. The second kappa shape index (κ2) is 6.12. The molecule has 0 N–H and O–H groups in total. The van der Waals surface area contributed by atoms with Gasteiger partial charge in [0.05, 0.1) is 10.7 Å². The van der Waals surface area contributed by atoms with Gasteiger partial charge in [-0.1, -0.05) is 12.1 Å². The van der Waals surface area contributed by atoms with Crippen LogP contribution in [0.1, 0.15) is 22.7 Å². The number of benzene rings is 1. The molecule has 0 unspecified atom stereocenters. The molecule has 1 nitrogen and oxygen atoms in total. The van der Waals surface area contributed by atoms with Crippen LogP contribution in [0.4, 0.5) is 4.39 Å². The Morgan fingerprint density at radius 3 is 2.71 bits per heavy atom. The summed E-state index contributed by atoms with van der Waals surface area (Å²) >= 11 is 7.29.